The Hall–Kier alpha value is -1.24. The molecule has 124 valence electrons. The summed E-state index contributed by atoms with van der Waals surface area (Å²) in [5, 5.41) is 4.57. The monoisotopic (exact) mass is 372 g/mol. The van der Waals surface area contributed by atoms with Crippen LogP contribution in [0.15, 0.2) is 30.7 Å². The molecule has 0 radical (unpaired) electrons. The van der Waals surface area contributed by atoms with Crippen molar-refractivity contribution in [3.63, 3.8) is 0 Å². The molecule has 0 fully saturated rings. The Kier molecular flexibility index (Phi) is 7.20. The largest absolute Gasteiger partial charge is 0.308 e. The molecule has 1 amide bonds. The molecule has 0 saturated heterocycles. The van der Waals surface area contributed by atoms with E-state index in [1.54, 1.807) is 39.9 Å². The smallest absolute Gasteiger partial charge is 0.227 e. The Bertz CT molecular complexity index is 636. The lowest BCUT2D eigenvalue weighted by Crippen LogP contribution is -2.30. The summed E-state index contributed by atoms with van der Waals surface area (Å²) in [5.74, 6) is 2.22. The highest BCUT2D eigenvalue weighted by atomic mass is 35.5. The molecule has 0 aliphatic carbocycles. The second-order valence-corrected chi connectivity index (χ2v) is 6.61. The third-order valence-electron chi connectivity index (χ3n) is 3.15. The third-order valence-corrected chi connectivity index (χ3v) is 4.82. The molecule has 2 heterocycles. The Morgan fingerprint density at radius 2 is 2.26 bits per heavy atom. The van der Waals surface area contributed by atoms with Crippen molar-refractivity contribution >= 4 is 46.6 Å². The molecule has 0 spiro atoms. The average molecular weight is 373 g/mol. The number of nitrogens with zero attached hydrogens (tertiary/aromatic N) is 4. The minimum absolute atomic E-state index is 0.0298. The van der Waals surface area contributed by atoms with Crippen LogP contribution in [0.4, 0.5) is 5.69 Å². The van der Waals surface area contributed by atoms with Gasteiger partial charge in [0.2, 0.25) is 5.91 Å². The quantitative estimate of drug-likeness (QED) is 0.524. The molecule has 23 heavy (non-hydrogen) atoms. The van der Waals surface area contributed by atoms with Gasteiger partial charge >= 0.3 is 0 Å². The fraction of sp³-hybridized carbons (Fsp3) is 0.400. The van der Waals surface area contributed by atoms with Crippen molar-refractivity contribution in [1.29, 1.82) is 0 Å². The van der Waals surface area contributed by atoms with Crippen molar-refractivity contribution < 1.29 is 4.79 Å². The minimum Gasteiger partial charge on any atom is -0.308 e. The van der Waals surface area contributed by atoms with E-state index < -0.39 is 0 Å². The van der Waals surface area contributed by atoms with Crippen LogP contribution in [0, 0.1) is 0 Å². The number of anilines is 1. The molecule has 0 N–H and O–H groups in total. The van der Waals surface area contributed by atoms with E-state index >= 15 is 0 Å². The molecule has 0 bridgehead atoms. The average Bonchev–Trinajstić information content (AvgIpc) is 2.95. The lowest BCUT2D eigenvalue weighted by atomic mass is 10.3. The van der Waals surface area contributed by atoms with Crippen molar-refractivity contribution in [3.05, 3.63) is 35.9 Å². The first-order chi connectivity index (χ1) is 11.2. The van der Waals surface area contributed by atoms with Gasteiger partial charge in [-0.1, -0.05) is 11.6 Å². The predicted molar refractivity (Wildman–Crippen MR) is 97.1 cm³/mol. The molecule has 0 aromatic carbocycles. The number of thioether (sulfide) groups is 1. The van der Waals surface area contributed by atoms with Gasteiger partial charge in [0.15, 0.2) is 5.15 Å². The molecule has 2 aromatic rings. The van der Waals surface area contributed by atoms with Crippen molar-refractivity contribution in [2.45, 2.75) is 13.3 Å². The minimum atomic E-state index is 0.0298. The van der Waals surface area contributed by atoms with Crippen LogP contribution in [-0.2, 0) is 4.79 Å². The number of carbonyl (C=O) groups is 1. The van der Waals surface area contributed by atoms with Gasteiger partial charge in [0.25, 0.3) is 0 Å². The fourth-order valence-electron chi connectivity index (χ4n) is 2.08. The zero-order chi connectivity index (χ0) is 16.7. The van der Waals surface area contributed by atoms with Crippen LogP contribution in [0.5, 0.6) is 0 Å². The molecule has 0 unspecified atom stereocenters. The second-order valence-electron chi connectivity index (χ2n) is 4.65. The van der Waals surface area contributed by atoms with Crippen LogP contribution in [0.2, 0.25) is 5.15 Å². The highest BCUT2D eigenvalue weighted by Crippen LogP contribution is 2.26. The third kappa shape index (κ3) is 4.86. The van der Waals surface area contributed by atoms with E-state index in [0.29, 0.717) is 29.7 Å². The lowest BCUT2D eigenvalue weighted by molar-refractivity contribution is -0.118. The highest BCUT2D eigenvalue weighted by Gasteiger charge is 2.19. The number of halogens is 2. The van der Waals surface area contributed by atoms with Gasteiger partial charge in [-0.3, -0.25) is 9.78 Å². The molecule has 8 heteroatoms. The molecule has 5 nitrogen and oxygen atoms in total. The lowest BCUT2D eigenvalue weighted by Gasteiger charge is -2.19. The normalized spacial score (nSPS) is 10.7. The number of hydrogen-bond donors (Lipinski definition) is 0. The van der Waals surface area contributed by atoms with Gasteiger partial charge < -0.3 is 4.90 Å². The Morgan fingerprint density at radius 3 is 2.91 bits per heavy atom. The summed E-state index contributed by atoms with van der Waals surface area (Å²) in [4.78, 5) is 18.1. The zero-order valence-electron chi connectivity index (χ0n) is 12.8. The summed E-state index contributed by atoms with van der Waals surface area (Å²) in [5.41, 5.74) is 1.41. The van der Waals surface area contributed by atoms with Gasteiger partial charge in [0.1, 0.15) is 5.69 Å². The maximum absolute atomic E-state index is 12.4. The van der Waals surface area contributed by atoms with Crippen LogP contribution >= 0.6 is 35.0 Å². The summed E-state index contributed by atoms with van der Waals surface area (Å²) < 4.78 is 1.63. The number of alkyl halides is 1. The van der Waals surface area contributed by atoms with E-state index in [2.05, 4.69) is 10.1 Å². The summed E-state index contributed by atoms with van der Waals surface area (Å²) >= 11 is 13.5. The second kappa shape index (κ2) is 9.15. The summed E-state index contributed by atoms with van der Waals surface area (Å²) in [6.45, 7) is 2.46. The molecular formula is C15H18Cl2N4OS. The van der Waals surface area contributed by atoms with Crippen LogP contribution in [0.1, 0.15) is 13.3 Å². The summed E-state index contributed by atoms with van der Waals surface area (Å²) in [7, 11) is 0. The maximum atomic E-state index is 12.4. The van der Waals surface area contributed by atoms with E-state index in [-0.39, 0.29) is 5.91 Å². The van der Waals surface area contributed by atoms with Gasteiger partial charge in [-0.2, -0.15) is 16.9 Å². The van der Waals surface area contributed by atoms with Crippen molar-refractivity contribution in [3.8, 4) is 5.69 Å². The topological polar surface area (TPSA) is 51.0 Å². The first-order valence-electron chi connectivity index (χ1n) is 7.27. The Morgan fingerprint density at radius 1 is 1.43 bits per heavy atom. The molecule has 0 saturated carbocycles. The summed E-state index contributed by atoms with van der Waals surface area (Å²) in [6.07, 6.45) is 5.58. The van der Waals surface area contributed by atoms with E-state index in [1.165, 1.54) is 0 Å². The van der Waals surface area contributed by atoms with E-state index in [4.69, 9.17) is 23.2 Å². The molecule has 0 aliphatic heterocycles. The van der Waals surface area contributed by atoms with Crippen LogP contribution in [0.25, 0.3) is 5.69 Å². The van der Waals surface area contributed by atoms with Gasteiger partial charge in [-0.05, 0) is 19.1 Å². The van der Waals surface area contributed by atoms with E-state index in [1.807, 2.05) is 19.1 Å². The van der Waals surface area contributed by atoms with E-state index in [9.17, 15) is 4.79 Å². The standard InChI is InChI=1S/C15H18Cl2N4OS/c1-2-20(14(22)5-8-23-9-6-16)13-11-21(19-15(13)17)12-4-3-7-18-10-12/h3-4,7,10-11H,2,5-6,8-9H2,1H3. The molecular weight excluding hydrogens is 355 g/mol. The first kappa shape index (κ1) is 18.1. The first-order valence-corrected chi connectivity index (χ1v) is 9.33. The van der Waals surface area contributed by atoms with Gasteiger partial charge in [0.05, 0.1) is 18.1 Å². The van der Waals surface area contributed by atoms with Crippen molar-refractivity contribution in [2.75, 3.05) is 28.8 Å². The number of amides is 1. The van der Waals surface area contributed by atoms with Crippen molar-refractivity contribution in [2.24, 2.45) is 0 Å². The van der Waals surface area contributed by atoms with Crippen LogP contribution in [-0.4, -0.2) is 44.6 Å². The van der Waals surface area contributed by atoms with E-state index in [0.717, 1.165) is 17.2 Å². The molecule has 0 aliphatic rings. The van der Waals surface area contributed by atoms with Crippen molar-refractivity contribution in [1.82, 2.24) is 14.8 Å². The Balaban J connectivity index is 2.12. The van der Waals surface area contributed by atoms with Crippen LogP contribution in [0.3, 0.4) is 0 Å². The van der Waals surface area contributed by atoms with Gasteiger partial charge in [0, 0.05) is 36.5 Å². The number of rotatable bonds is 8. The number of aromatic nitrogens is 3. The predicted octanol–water partition coefficient (Wildman–Crippen LogP) is 3.64. The molecule has 2 rings (SSSR count). The number of hydrogen-bond acceptors (Lipinski definition) is 4. The van der Waals surface area contributed by atoms with Gasteiger partial charge in [-0.15, -0.1) is 11.6 Å². The number of carbonyl (C=O) groups excluding carboxylic acids is 1. The fourth-order valence-corrected chi connectivity index (χ4v) is 3.27. The van der Waals surface area contributed by atoms with Gasteiger partial charge in [-0.25, -0.2) is 4.68 Å². The van der Waals surface area contributed by atoms with Crippen LogP contribution < -0.4 is 4.90 Å². The molecule has 2 aromatic heterocycles. The maximum Gasteiger partial charge on any atom is 0.227 e. The highest BCUT2D eigenvalue weighted by molar-refractivity contribution is 7.99. The molecule has 0 atom stereocenters. The Labute approximate surface area is 150 Å². The zero-order valence-corrected chi connectivity index (χ0v) is 15.1. The summed E-state index contributed by atoms with van der Waals surface area (Å²) in [6, 6.07) is 3.70. The SMILES string of the molecule is CCN(C(=O)CCSCCCl)c1cn(-c2cccnc2)nc1Cl. The number of pyridine rings is 1.